The largest absolute Gasteiger partial charge is 0.344 e. The van der Waals surface area contributed by atoms with Crippen molar-refractivity contribution in [2.45, 2.75) is 18.7 Å². The second kappa shape index (κ2) is 8.18. The van der Waals surface area contributed by atoms with Crippen molar-refractivity contribution in [2.75, 3.05) is 45.2 Å². The number of benzene rings is 1. The maximum absolute atomic E-state index is 13.2. The number of anilines is 1. The number of aromatic nitrogens is 2. The summed E-state index contributed by atoms with van der Waals surface area (Å²) in [4.78, 5) is 27.2. The molecular formula is C21H25N5O3S2. The lowest BCUT2D eigenvalue weighted by molar-refractivity contribution is 0.0746. The average Bonchev–Trinajstić information content (AvgIpc) is 3.19. The van der Waals surface area contributed by atoms with Gasteiger partial charge in [0.25, 0.3) is 5.91 Å². The molecule has 8 nitrogen and oxygen atoms in total. The molecule has 0 aliphatic carbocycles. The average molecular weight is 460 g/mol. The van der Waals surface area contributed by atoms with Crippen LogP contribution in [0.1, 0.15) is 21.5 Å². The van der Waals surface area contributed by atoms with Gasteiger partial charge in [-0.1, -0.05) is 11.3 Å². The Hall–Kier alpha value is -2.56. The van der Waals surface area contributed by atoms with Crippen LogP contribution in [-0.4, -0.2) is 73.8 Å². The Labute approximate surface area is 186 Å². The molecule has 1 fully saturated rings. The van der Waals surface area contributed by atoms with Crippen molar-refractivity contribution >= 4 is 42.7 Å². The van der Waals surface area contributed by atoms with E-state index in [1.54, 1.807) is 35.4 Å². The Morgan fingerprint density at radius 3 is 2.48 bits per heavy atom. The molecule has 31 heavy (non-hydrogen) atoms. The zero-order valence-electron chi connectivity index (χ0n) is 18.0. The van der Waals surface area contributed by atoms with Gasteiger partial charge >= 0.3 is 0 Å². The van der Waals surface area contributed by atoms with Gasteiger partial charge in [-0.25, -0.2) is 22.7 Å². The molecule has 0 atom stereocenters. The quantitative estimate of drug-likeness (QED) is 0.596. The van der Waals surface area contributed by atoms with Gasteiger partial charge < -0.3 is 9.80 Å². The van der Waals surface area contributed by atoms with Gasteiger partial charge in [0.15, 0.2) is 5.13 Å². The topological polar surface area (TPSA) is 86.7 Å². The van der Waals surface area contributed by atoms with E-state index in [9.17, 15) is 13.2 Å². The fraction of sp³-hybridized carbons (Fsp3) is 0.381. The van der Waals surface area contributed by atoms with Crippen molar-refractivity contribution in [1.82, 2.24) is 19.2 Å². The van der Waals surface area contributed by atoms with Gasteiger partial charge in [0.1, 0.15) is 10.3 Å². The Morgan fingerprint density at radius 1 is 1.13 bits per heavy atom. The first-order chi connectivity index (χ1) is 14.7. The summed E-state index contributed by atoms with van der Waals surface area (Å²) in [5.74, 6) is -0.149. The smallest absolute Gasteiger partial charge is 0.254 e. The minimum atomic E-state index is -3.63. The van der Waals surface area contributed by atoms with Crippen molar-refractivity contribution in [2.24, 2.45) is 0 Å². The van der Waals surface area contributed by atoms with Crippen molar-refractivity contribution < 1.29 is 13.2 Å². The van der Waals surface area contributed by atoms with E-state index >= 15 is 0 Å². The van der Waals surface area contributed by atoms with Gasteiger partial charge in [-0.15, -0.1) is 0 Å². The molecule has 164 valence electrons. The molecule has 1 aromatic carbocycles. The SMILES string of the molecule is Cc1cc(C(=O)N2CCN(c3nc4cccnc4s3)CC2)cc(S(=O)(=O)N(C)C)c1C. The molecule has 0 unspecified atom stereocenters. The number of hydrogen-bond acceptors (Lipinski definition) is 7. The molecule has 0 spiro atoms. The number of thiazole rings is 1. The molecule has 2 aromatic heterocycles. The van der Waals surface area contributed by atoms with Crippen LogP contribution in [-0.2, 0) is 10.0 Å². The van der Waals surface area contributed by atoms with Crippen LogP contribution in [0.25, 0.3) is 10.3 Å². The fourth-order valence-electron chi connectivity index (χ4n) is 3.59. The number of hydrogen-bond donors (Lipinski definition) is 0. The Balaban J connectivity index is 1.53. The number of fused-ring (bicyclic) bond motifs is 1. The third-order valence-corrected chi connectivity index (χ3v) is 8.60. The van der Waals surface area contributed by atoms with Gasteiger partial charge in [-0.05, 0) is 49.2 Å². The van der Waals surface area contributed by atoms with Crippen LogP contribution in [0.5, 0.6) is 0 Å². The van der Waals surface area contributed by atoms with E-state index in [1.807, 2.05) is 19.1 Å². The zero-order chi connectivity index (χ0) is 22.3. The monoisotopic (exact) mass is 459 g/mol. The molecule has 10 heteroatoms. The van der Waals surface area contributed by atoms with E-state index in [2.05, 4.69) is 14.9 Å². The summed E-state index contributed by atoms with van der Waals surface area (Å²) in [6, 6.07) is 7.10. The van der Waals surface area contributed by atoms with E-state index in [0.717, 1.165) is 21.0 Å². The highest BCUT2D eigenvalue weighted by atomic mass is 32.2. The second-order valence-corrected chi connectivity index (χ2v) is 10.9. The number of carbonyl (C=O) groups excluding carboxylic acids is 1. The summed E-state index contributed by atoms with van der Waals surface area (Å²) in [5, 5.41) is 0.909. The maximum atomic E-state index is 13.2. The van der Waals surface area contributed by atoms with Crippen LogP contribution >= 0.6 is 11.3 Å². The van der Waals surface area contributed by atoms with Crippen molar-refractivity contribution in [3.8, 4) is 0 Å². The van der Waals surface area contributed by atoms with Crippen LogP contribution in [0.3, 0.4) is 0 Å². The maximum Gasteiger partial charge on any atom is 0.254 e. The minimum absolute atomic E-state index is 0.149. The summed E-state index contributed by atoms with van der Waals surface area (Å²) < 4.78 is 26.6. The zero-order valence-corrected chi connectivity index (χ0v) is 19.6. The Kier molecular flexibility index (Phi) is 5.71. The number of amides is 1. The normalized spacial score (nSPS) is 15.1. The molecule has 1 aliphatic rings. The number of nitrogens with zero attached hydrogens (tertiary/aromatic N) is 5. The summed E-state index contributed by atoms with van der Waals surface area (Å²) in [6.45, 7) is 6.03. The predicted molar refractivity (Wildman–Crippen MR) is 122 cm³/mol. The lowest BCUT2D eigenvalue weighted by Gasteiger charge is -2.34. The van der Waals surface area contributed by atoms with Gasteiger partial charge in [0.2, 0.25) is 10.0 Å². The highest BCUT2D eigenvalue weighted by molar-refractivity contribution is 7.89. The predicted octanol–water partition coefficient (Wildman–Crippen LogP) is 2.52. The lowest BCUT2D eigenvalue weighted by Crippen LogP contribution is -2.48. The minimum Gasteiger partial charge on any atom is -0.344 e. The highest BCUT2D eigenvalue weighted by Crippen LogP contribution is 2.28. The number of piperazine rings is 1. The van der Waals surface area contributed by atoms with Gasteiger partial charge in [0, 0.05) is 52.0 Å². The number of carbonyl (C=O) groups is 1. The first-order valence-corrected chi connectivity index (χ1v) is 12.2. The van der Waals surface area contributed by atoms with Crippen LogP contribution in [0, 0.1) is 13.8 Å². The molecule has 0 radical (unpaired) electrons. The number of sulfonamides is 1. The molecular weight excluding hydrogens is 434 g/mol. The fourth-order valence-corrected chi connectivity index (χ4v) is 5.77. The standard InChI is InChI=1S/C21H25N5O3S2/c1-14-12-16(13-18(15(14)2)31(28,29)24(3)4)20(27)25-8-10-26(11-9-25)21-23-17-6-5-7-22-19(17)30-21/h5-7,12-13H,8-11H2,1-4H3. The first kappa shape index (κ1) is 21.7. The molecule has 0 bridgehead atoms. The molecule has 1 saturated heterocycles. The third-order valence-electron chi connectivity index (χ3n) is 5.62. The van der Waals surface area contributed by atoms with E-state index in [-0.39, 0.29) is 10.8 Å². The van der Waals surface area contributed by atoms with Crippen LogP contribution < -0.4 is 4.90 Å². The van der Waals surface area contributed by atoms with Crippen LogP contribution in [0.4, 0.5) is 5.13 Å². The molecule has 0 saturated carbocycles. The van der Waals surface area contributed by atoms with Crippen LogP contribution in [0.15, 0.2) is 35.4 Å². The van der Waals surface area contributed by atoms with Crippen molar-refractivity contribution in [1.29, 1.82) is 0 Å². The van der Waals surface area contributed by atoms with Crippen LogP contribution in [0.2, 0.25) is 0 Å². The molecule has 4 rings (SSSR count). The second-order valence-electron chi connectivity index (χ2n) is 7.81. The molecule has 1 amide bonds. The summed E-state index contributed by atoms with van der Waals surface area (Å²) >= 11 is 1.55. The Morgan fingerprint density at radius 2 is 1.84 bits per heavy atom. The van der Waals surface area contributed by atoms with Gasteiger partial charge in [-0.3, -0.25) is 4.79 Å². The summed E-state index contributed by atoms with van der Waals surface area (Å²) in [6.07, 6.45) is 1.76. The van der Waals surface area contributed by atoms with Crippen molar-refractivity contribution in [3.05, 3.63) is 47.2 Å². The van der Waals surface area contributed by atoms with E-state index in [4.69, 9.17) is 0 Å². The van der Waals surface area contributed by atoms with Gasteiger partial charge in [-0.2, -0.15) is 0 Å². The number of rotatable bonds is 4. The van der Waals surface area contributed by atoms with Gasteiger partial charge in [0.05, 0.1) is 4.90 Å². The van der Waals surface area contributed by atoms with E-state index in [1.165, 1.54) is 24.5 Å². The summed E-state index contributed by atoms with van der Waals surface area (Å²) in [7, 11) is -0.642. The lowest BCUT2D eigenvalue weighted by atomic mass is 10.0. The molecule has 1 aliphatic heterocycles. The summed E-state index contributed by atoms with van der Waals surface area (Å²) in [5.41, 5.74) is 2.73. The number of aryl methyl sites for hydroxylation is 1. The molecule has 0 N–H and O–H groups in total. The van der Waals surface area contributed by atoms with E-state index in [0.29, 0.717) is 37.3 Å². The molecule has 3 heterocycles. The van der Waals surface area contributed by atoms with E-state index < -0.39 is 10.0 Å². The Bertz CT molecular complexity index is 1210. The third kappa shape index (κ3) is 4.02. The molecule has 3 aromatic rings. The number of pyridine rings is 1. The highest BCUT2D eigenvalue weighted by Gasteiger charge is 2.27. The first-order valence-electron chi connectivity index (χ1n) is 9.98. The van der Waals surface area contributed by atoms with Crippen molar-refractivity contribution in [3.63, 3.8) is 0 Å².